The molecule has 0 aromatic carbocycles. The van der Waals surface area contributed by atoms with E-state index in [0.29, 0.717) is 0 Å². The summed E-state index contributed by atoms with van der Waals surface area (Å²) in [5.74, 6) is 0.232. The second-order valence-corrected chi connectivity index (χ2v) is 4.17. The second-order valence-electron chi connectivity index (χ2n) is 3.19. The summed E-state index contributed by atoms with van der Waals surface area (Å²) in [6.07, 6.45) is 2.80. The summed E-state index contributed by atoms with van der Waals surface area (Å²) in [5, 5.41) is 20.3. The molecule has 0 amide bonds. The molecular weight excluding hydrogens is 212 g/mol. The Morgan fingerprint density at radius 3 is 1.80 bits per heavy atom. The van der Waals surface area contributed by atoms with E-state index in [1.807, 2.05) is 0 Å². The van der Waals surface area contributed by atoms with E-state index in [-0.39, 0.29) is 11.5 Å². The van der Waals surface area contributed by atoms with E-state index in [0.717, 1.165) is 20.4 Å². The smallest absolute Gasteiger partial charge is 0.134 e. The lowest BCUT2D eigenvalue weighted by molar-refractivity contribution is 0.473. The molecule has 2 N–H and O–H groups in total. The Bertz CT molecular complexity index is 607. The van der Waals surface area contributed by atoms with Crippen molar-refractivity contribution in [3.8, 4) is 11.5 Å². The zero-order valence-corrected chi connectivity index (χ0v) is 8.32. The largest absolute Gasteiger partial charge is 0.506 e. The van der Waals surface area contributed by atoms with Crippen molar-refractivity contribution < 1.29 is 10.2 Å². The van der Waals surface area contributed by atoms with Gasteiger partial charge in [-0.1, -0.05) is 11.3 Å². The van der Waals surface area contributed by atoms with Crippen LogP contribution in [0.1, 0.15) is 0 Å². The van der Waals surface area contributed by atoms with Crippen molar-refractivity contribution in [3.63, 3.8) is 0 Å². The van der Waals surface area contributed by atoms with Crippen LogP contribution >= 0.6 is 11.3 Å². The Hall–Kier alpha value is -1.88. The molecule has 3 heterocycles. The topological polar surface area (TPSA) is 66.2 Å². The van der Waals surface area contributed by atoms with Gasteiger partial charge in [-0.25, -0.2) is 9.97 Å². The SMILES string of the molecule is Oc1cnc2sc3ncc(O)cc3c2c1. The van der Waals surface area contributed by atoms with Gasteiger partial charge in [0.15, 0.2) is 0 Å². The number of rotatable bonds is 0. The van der Waals surface area contributed by atoms with E-state index in [9.17, 15) is 10.2 Å². The van der Waals surface area contributed by atoms with Gasteiger partial charge in [0.25, 0.3) is 0 Å². The Kier molecular flexibility index (Phi) is 1.58. The first-order valence-electron chi connectivity index (χ1n) is 4.30. The molecule has 0 spiro atoms. The number of aromatic hydroxyl groups is 2. The average Bonchev–Trinajstić information content (AvgIpc) is 2.56. The quantitative estimate of drug-likeness (QED) is 0.607. The molecule has 0 unspecified atom stereocenters. The number of hydrogen-bond donors (Lipinski definition) is 2. The first kappa shape index (κ1) is 8.43. The highest BCUT2D eigenvalue weighted by Crippen LogP contribution is 2.34. The van der Waals surface area contributed by atoms with E-state index in [1.54, 1.807) is 12.1 Å². The summed E-state index contributed by atoms with van der Waals surface area (Å²) < 4.78 is 0. The van der Waals surface area contributed by atoms with Crippen LogP contribution in [0.2, 0.25) is 0 Å². The van der Waals surface area contributed by atoms with E-state index in [2.05, 4.69) is 9.97 Å². The number of aromatic nitrogens is 2. The second kappa shape index (κ2) is 2.80. The standard InChI is InChI=1S/C10H6N2O2S/c13-5-1-7-8-2-6(14)4-12-10(8)15-9(7)11-3-5/h1-4,13-14H. The monoisotopic (exact) mass is 218 g/mol. The highest BCUT2D eigenvalue weighted by molar-refractivity contribution is 7.25. The fourth-order valence-electron chi connectivity index (χ4n) is 1.52. The van der Waals surface area contributed by atoms with Crippen molar-refractivity contribution in [2.45, 2.75) is 0 Å². The fourth-order valence-corrected chi connectivity index (χ4v) is 2.47. The van der Waals surface area contributed by atoms with Crippen molar-refractivity contribution in [2.75, 3.05) is 0 Å². The molecule has 3 rings (SSSR count). The number of pyridine rings is 2. The van der Waals surface area contributed by atoms with Gasteiger partial charge < -0.3 is 10.2 Å². The van der Waals surface area contributed by atoms with Gasteiger partial charge in [0, 0.05) is 10.8 Å². The molecule has 0 atom stereocenters. The summed E-state index contributed by atoms with van der Waals surface area (Å²) >= 11 is 1.43. The van der Waals surface area contributed by atoms with Crippen LogP contribution in [0.4, 0.5) is 0 Å². The molecular formula is C10H6N2O2S. The summed E-state index contributed by atoms with van der Waals surface area (Å²) in [4.78, 5) is 9.80. The maximum atomic E-state index is 9.34. The maximum absolute atomic E-state index is 9.34. The minimum absolute atomic E-state index is 0.116. The lowest BCUT2D eigenvalue weighted by atomic mass is 10.2. The van der Waals surface area contributed by atoms with Gasteiger partial charge in [0.1, 0.15) is 21.2 Å². The summed E-state index contributed by atoms with van der Waals surface area (Å²) in [7, 11) is 0. The molecule has 0 fully saturated rings. The van der Waals surface area contributed by atoms with Crippen LogP contribution in [0, 0.1) is 0 Å². The molecule has 3 aromatic rings. The maximum Gasteiger partial charge on any atom is 0.134 e. The normalized spacial score (nSPS) is 11.2. The molecule has 15 heavy (non-hydrogen) atoms. The highest BCUT2D eigenvalue weighted by Gasteiger charge is 2.08. The highest BCUT2D eigenvalue weighted by atomic mass is 32.1. The lowest BCUT2D eigenvalue weighted by Crippen LogP contribution is -1.73. The molecule has 5 heteroatoms. The number of hydrogen-bond acceptors (Lipinski definition) is 5. The Morgan fingerprint density at radius 2 is 1.33 bits per heavy atom. The molecule has 4 nitrogen and oxygen atoms in total. The third kappa shape index (κ3) is 1.20. The van der Waals surface area contributed by atoms with E-state index in [1.165, 1.54) is 23.7 Å². The first-order valence-corrected chi connectivity index (χ1v) is 5.12. The lowest BCUT2D eigenvalue weighted by Gasteiger charge is -1.93. The molecule has 0 aliphatic heterocycles. The zero-order valence-electron chi connectivity index (χ0n) is 7.51. The van der Waals surface area contributed by atoms with Crippen molar-refractivity contribution >= 4 is 31.8 Å². The van der Waals surface area contributed by atoms with Crippen LogP contribution in [-0.2, 0) is 0 Å². The molecule has 0 aliphatic rings. The first-order chi connectivity index (χ1) is 7.24. The van der Waals surface area contributed by atoms with E-state index in [4.69, 9.17) is 0 Å². The number of fused-ring (bicyclic) bond motifs is 3. The third-order valence-electron chi connectivity index (χ3n) is 2.16. The van der Waals surface area contributed by atoms with Gasteiger partial charge >= 0.3 is 0 Å². The van der Waals surface area contributed by atoms with Crippen LogP contribution in [0.25, 0.3) is 20.4 Å². The number of nitrogens with zero attached hydrogens (tertiary/aromatic N) is 2. The summed E-state index contributed by atoms with van der Waals surface area (Å²) in [6.45, 7) is 0. The summed E-state index contributed by atoms with van der Waals surface area (Å²) in [6, 6.07) is 3.25. The van der Waals surface area contributed by atoms with Gasteiger partial charge in [-0.3, -0.25) is 0 Å². The molecule has 3 aromatic heterocycles. The van der Waals surface area contributed by atoms with E-state index >= 15 is 0 Å². The molecule has 0 saturated heterocycles. The molecule has 74 valence electrons. The molecule has 0 radical (unpaired) electrons. The Balaban J connectivity index is 2.55. The molecule has 0 bridgehead atoms. The van der Waals surface area contributed by atoms with Crippen molar-refractivity contribution in [3.05, 3.63) is 24.5 Å². The third-order valence-corrected chi connectivity index (χ3v) is 3.19. The molecule has 0 saturated carbocycles. The van der Waals surface area contributed by atoms with Crippen LogP contribution in [0.15, 0.2) is 24.5 Å². The van der Waals surface area contributed by atoms with Crippen molar-refractivity contribution in [2.24, 2.45) is 0 Å². The number of thiophene rings is 1. The van der Waals surface area contributed by atoms with Gasteiger partial charge in [-0.15, -0.1) is 0 Å². The Labute approximate surface area is 88.5 Å². The average molecular weight is 218 g/mol. The van der Waals surface area contributed by atoms with Crippen molar-refractivity contribution in [1.82, 2.24) is 9.97 Å². The predicted octanol–water partition coefficient (Wildman–Crippen LogP) is 2.26. The van der Waals surface area contributed by atoms with Crippen molar-refractivity contribution in [1.29, 1.82) is 0 Å². The minimum Gasteiger partial charge on any atom is -0.506 e. The predicted molar refractivity (Wildman–Crippen MR) is 58.3 cm³/mol. The summed E-state index contributed by atoms with van der Waals surface area (Å²) in [5.41, 5.74) is 0. The fraction of sp³-hybridized carbons (Fsp3) is 0. The van der Waals surface area contributed by atoms with E-state index < -0.39 is 0 Å². The van der Waals surface area contributed by atoms with Crippen LogP contribution in [0.5, 0.6) is 11.5 Å². The van der Waals surface area contributed by atoms with Crippen LogP contribution < -0.4 is 0 Å². The van der Waals surface area contributed by atoms with Gasteiger partial charge in [0.05, 0.1) is 12.4 Å². The van der Waals surface area contributed by atoms with Crippen LogP contribution in [-0.4, -0.2) is 20.2 Å². The minimum atomic E-state index is 0.116. The van der Waals surface area contributed by atoms with Crippen LogP contribution in [0.3, 0.4) is 0 Å². The van der Waals surface area contributed by atoms with Gasteiger partial charge in [-0.05, 0) is 12.1 Å². The zero-order chi connectivity index (χ0) is 10.4. The Morgan fingerprint density at radius 1 is 0.867 bits per heavy atom. The van der Waals surface area contributed by atoms with Gasteiger partial charge in [-0.2, -0.15) is 0 Å². The molecule has 0 aliphatic carbocycles. The van der Waals surface area contributed by atoms with Gasteiger partial charge in [0.2, 0.25) is 0 Å².